The van der Waals surface area contributed by atoms with Crippen LogP contribution in [0.5, 0.6) is 5.75 Å². The molecule has 2 aliphatic heterocycles. The molecule has 3 aromatic heterocycles. The fourth-order valence-corrected chi connectivity index (χ4v) is 8.45. The van der Waals surface area contributed by atoms with E-state index < -0.39 is 10.8 Å². The van der Waals surface area contributed by atoms with Gasteiger partial charge in [-0.2, -0.15) is 0 Å². The lowest BCUT2D eigenvalue weighted by Crippen LogP contribution is -2.11. The molecule has 2 aliphatic rings. The third-order valence-electron chi connectivity index (χ3n) is 11.8. The maximum Gasteiger partial charge on any atom is 0.269 e. The van der Waals surface area contributed by atoms with E-state index in [1.54, 1.807) is 24.3 Å². The van der Waals surface area contributed by atoms with Crippen LogP contribution in [0.15, 0.2) is 146 Å². The summed E-state index contributed by atoms with van der Waals surface area (Å²) in [4.78, 5) is 66.6. The van der Waals surface area contributed by atoms with Crippen molar-refractivity contribution >= 4 is 75.2 Å². The number of rotatable bonds is 9. The second kappa shape index (κ2) is 17.0. The highest BCUT2D eigenvalue weighted by atomic mass is 16.6. The summed E-state index contributed by atoms with van der Waals surface area (Å²) in [7, 11) is 0. The smallest absolute Gasteiger partial charge is 0.269 e. The Bertz CT molecular complexity index is 3510. The van der Waals surface area contributed by atoms with Crippen molar-refractivity contribution in [3.8, 4) is 50.3 Å². The van der Waals surface area contributed by atoms with Gasteiger partial charge in [-0.05, 0) is 121 Å². The van der Waals surface area contributed by atoms with E-state index in [0.29, 0.717) is 39.6 Å². The second-order valence-corrected chi connectivity index (χ2v) is 16.2. The third kappa shape index (κ3) is 8.11. The average Bonchev–Trinajstić information content (AvgIpc) is 4.19. The summed E-state index contributed by atoms with van der Waals surface area (Å²) in [6.45, 7) is 3.07. The van der Waals surface area contributed by atoms with Crippen molar-refractivity contribution in [2.24, 2.45) is 0 Å². The zero-order valence-electron chi connectivity index (χ0n) is 36.0. The molecule has 0 saturated heterocycles. The first-order chi connectivity index (χ1) is 32.5. The number of aromatic hydroxyl groups is 1. The fraction of sp³-hybridized carbons (Fsp3) is 0.0364. The number of H-pyrrole nitrogens is 2. The van der Waals surface area contributed by atoms with Gasteiger partial charge in [-0.1, -0.05) is 72.8 Å². The van der Waals surface area contributed by atoms with E-state index in [1.807, 2.05) is 121 Å². The number of Topliss-reactive ketones (excluding diaryl/α,β-unsaturated/α-hetero) is 2. The Morgan fingerprint density at radius 1 is 0.478 bits per heavy atom. The molecule has 5 heterocycles. The SMILES string of the molecule is CC(=O)c1ccc(-c2c3nc(c(-c4ccc(NC(=O)c5ccc([N+](=O)[O-])cc5)cc4)c4ccc([nH]4)c(-c4ccc(C(C)=O)cc4)c4nc(c(-c5ccc(O)cc5)c5ccc2[nH]5)C=C4)C=C3)cc1. The van der Waals surface area contributed by atoms with E-state index in [2.05, 4.69) is 15.3 Å². The molecule has 324 valence electrons. The summed E-state index contributed by atoms with van der Waals surface area (Å²) in [6, 6.07) is 42.7. The molecule has 0 saturated carbocycles. The topological polar surface area (TPSA) is 184 Å². The monoisotopic (exact) mass is 878 g/mol. The molecule has 0 unspecified atom stereocenters. The molecule has 12 heteroatoms. The van der Waals surface area contributed by atoms with Crippen LogP contribution in [-0.2, 0) is 0 Å². The Morgan fingerprint density at radius 2 is 0.806 bits per heavy atom. The molecule has 1 amide bonds. The number of carbonyl (C=O) groups is 3. The normalized spacial score (nSPS) is 11.7. The van der Waals surface area contributed by atoms with Crippen LogP contribution in [0.25, 0.3) is 90.9 Å². The average molecular weight is 879 g/mol. The van der Waals surface area contributed by atoms with Gasteiger partial charge in [0.05, 0.1) is 27.7 Å². The van der Waals surface area contributed by atoms with Crippen LogP contribution in [0, 0.1) is 10.1 Å². The fourth-order valence-electron chi connectivity index (χ4n) is 8.45. The number of non-ortho nitro benzene ring substituents is 1. The third-order valence-corrected chi connectivity index (χ3v) is 11.8. The number of amides is 1. The van der Waals surface area contributed by atoms with Gasteiger partial charge < -0.3 is 20.4 Å². The minimum absolute atomic E-state index is 0.0462. The number of phenolic OH excluding ortho intramolecular Hbond substituents is 1. The summed E-state index contributed by atoms with van der Waals surface area (Å²) < 4.78 is 0. The molecule has 8 aromatic rings. The lowest BCUT2D eigenvalue weighted by Gasteiger charge is -2.09. The molecule has 10 rings (SSSR count). The summed E-state index contributed by atoms with van der Waals surface area (Å²) in [5.74, 6) is -0.376. The van der Waals surface area contributed by atoms with Crippen LogP contribution >= 0.6 is 0 Å². The highest BCUT2D eigenvalue weighted by Crippen LogP contribution is 2.39. The lowest BCUT2D eigenvalue weighted by atomic mass is 10.0. The molecule has 12 nitrogen and oxygen atoms in total. The van der Waals surface area contributed by atoms with Crippen molar-refractivity contribution in [3.63, 3.8) is 0 Å². The molecule has 0 fully saturated rings. The van der Waals surface area contributed by atoms with E-state index in [1.165, 1.54) is 38.1 Å². The quantitative estimate of drug-likeness (QED) is 0.0627. The van der Waals surface area contributed by atoms with Crippen LogP contribution in [0.2, 0.25) is 0 Å². The van der Waals surface area contributed by atoms with Crippen molar-refractivity contribution < 1.29 is 24.4 Å². The number of nitrogens with one attached hydrogen (secondary N) is 3. The summed E-state index contributed by atoms with van der Waals surface area (Å²) >= 11 is 0. The van der Waals surface area contributed by atoms with Gasteiger partial charge in [0, 0.05) is 78.8 Å². The van der Waals surface area contributed by atoms with Crippen molar-refractivity contribution in [3.05, 3.63) is 195 Å². The summed E-state index contributed by atoms with van der Waals surface area (Å²) in [5, 5.41) is 24.4. The number of nitrogens with zero attached hydrogens (tertiary/aromatic N) is 3. The van der Waals surface area contributed by atoms with Crippen LogP contribution in [0.4, 0.5) is 11.4 Å². The Balaban J connectivity index is 1.24. The Labute approximate surface area is 382 Å². The first kappa shape index (κ1) is 41.7. The molecule has 0 atom stereocenters. The van der Waals surface area contributed by atoms with Gasteiger partial charge in [-0.3, -0.25) is 24.5 Å². The maximum absolute atomic E-state index is 13.2. The molecular weight excluding hydrogens is 841 g/mol. The summed E-state index contributed by atoms with van der Waals surface area (Å²) in [6.07, 6.45) is 7.87. The first-order valence-corrected chi connectivity index (χ1v) is 21.3. The highest BCUT2D eigenvalue weighted by Gasteiger charge is 2.20. The van der Waals surface area contributed by atoms with Crippen LogP contribution in [0.1, 0.15) is 67.7 Å². The number of ketones is 2. The second-order valence-electron chi connectivity index (χ2n) is 16.2. The van der Waals surface area contributed by atoms with Gasteiger partial charge in [-0.25, -0.2) is 9.97 Å². The van der Waals surface area contributed by atoms with Crippen molar-refractivity contribution in [1.82, 2.24) is 19.9 Å². The Hall–Kier alpha value is -9.29. The minimum atomic E-state index is -0.514. The van der Waals surface area contributed by atoms with Gasteiger partial charge in [0.2, 0.25) is 0 Å². The number of nitro groups is 1. The van der Waals surface area contributed by atoms with E-state index in [4.69, 9.17) is 9.97 Å². The van der Waals surface area contributed by atoms with Gasteiger partial charge in [0.1, 0.15) is 5.75 Å². The highest BCUT2D eigenvalue weighted by molar-refractivity contribution is 6.05. The molecule has 5 aromatic carbocycles. The molecule has 67 heavy (non-hydrogen) atoms. The van der Waals surface area contributed by atoms with E-state index in [-0.39, 0.29) is 28.6 Å². The Morgan fingerprint density at radius 3 is 1.15 bits per heavy atom. The number of phenols is 1. The molecular formula is C55H38N6O6. The van der Waals surface area contributed by atoms with Gasteiger partial charge in [0.15, 0.2) is 11.6 Å². The molecule has 4 N–H and O–H groups in total. The number of hydrogen-bond donors (Lipinski definition) is 4. The predicted octanol–water partition coefficient (Wildman–Crippen LogP) is 12.6. The first-order valence-electron chi connectivity index (χ1n) is 21.3. The molecule has 0 spiro atoms. The minimum Gasteiger partial charge on any atom is -0.508 e. The predicted molar refractivity (Wildman–Crippen MR) is 263 cm³/mol. The number of benzene rings is 5. The number of hydrogen-bond acceptors (Lipinski definition) is 8. The number of fused-ring (bicyclic) bond motifs is 8. The number of aromatic nitrogens is 4. The van der Waals surface area contributed by atoms with Crippen molar-refractivity contribution in [2.75, 3.05) is 5.32 Å². The van der Waals surface area contributed by atoms with Crippen LogP contribution < -0.4 is 5.32 Å². The summed E-state index contributed by atoms with van der Waals surface area (Å²) in [5.41, 5.74) is 14.0. The van der Waals surface area contributed by atoms with E-state index >= 15 is 0 Å². The zero-order valence-corrected chi connectivity index (χ0v) is 36.0. The zero-order chi connectivity index (χ0) is 46.3. The van der Waals surface area contributed by atoms with Gasteiger partial charge in [-0.15, -0.1) is 0 Å². The maximum atomic E-state index is 13.2. The van der Waals surface area contributed by atoms with Gasteiger partial charge in [0.25, 0.3) is 11.6 Å². The standard InChI is InChI=1S/C55H38N6O6/c1-31(62)33-3-7-35(8-4-33)51-43-23-27-47(57-43)53(37-11-17-40(18-12-37)56-55(65)39-13-19-41(20-14-39)61(66)67)48-28-24-44(58-48)52(36-9-5-34(6-10-36)32(2)63)46-26-30-50(60-46)54(49-29-25-45(51)59-49)38-15-21-42(64)22-16-38/h3-30,57,60,64H,1-2H3,(H,56,65). The van der Waals surface area contributed by atoms with E-state index in [9.17, 15) is 29.6 Å². The van der Waals surface area contributed by atoms with Gasteiger partial charge >= 0.3 is 0 Å². The van der Waals surface area contributed by atoms with Crippen LogP contribution in [0.3, 0.4) is 0 Å². The number of nitro benzene ring substituents is 1. The molecule has 0 aliphatic carbocycles. The largest absolute Gasteiger partial charge is 0.508 e. The van der Waals surface area contributed by atoms with E-state index in [0.717, 1.165) is 66.6 Å². The molecule has 8 bridgehead atoms. The lowest BCUT2D eigenvalue weighted by molar-refractivity contribution is -0.384. The van der Waals surface area contributed by atoms with Crippen molar-refractivity contribution in [2.45, 2.75) is 13.8 Å². The number of carbonyl (C=O) groups excluding carboxylic acids is 3. The van der Waals surface area contributed by atoms with Crippen LogP contribution in [-0.4, -0.2) is 47.4 Å². The Kier molecular flexibility index (Phi) is 10.6. The van der Waals surface area contributed by atoms with Crippen molar-refractivity contribution in [1.29, 1.82) is 0 Å². The number of anilines is 1. The molecule has 0 radical (unpaired) electrons. The number of aromatic amines is 2.